The van der Waals surface area contributed by atoms with Crippen molar-refractivity contribution in [2.45, 2.75) is 23.6 Å². The summed E-state index contributed by atoms with van der Waals surface area (Å²) in [7, 11) is 0. The summed E-state index contributed by atoms with van der Waals surface area (Å²) < 4.78 is 10.3. The molecule has 1 heterocycles. The van der Waals surface area contributed by atoms with Gasteiger partial charge in [-0.25, -0.2) is 0 Å². The number of benzene rings is 2. The Labute approximate surface area is 145 Å². The monoisotopic (exact) mass is 341 g/mol. The molecule has 24 heavy (non-hydrogen) atoms. The van der Waals surface area contributed by atoms with Gasteiger partial charge in [-0.2, -0.15) is 0 Å². The number of amides is 1. The fourth-order valence-electron chi connectivity index (χ4n) is 2.20. The molecule has 0 saturated heterocycles. The molecule has 2 aromatic rings. The van der Waals surface area contributed by atoms with Gasteiger partial charge in [0.25, 0.3) is 5.91 Å². The summed E-state index contributed by atoms with van der Waals surface area (Å²) in [6.07, 6.45) is 1.35. The lowest BCUT2D eigenvalue weighted by Crippen LogP contribution is -2.21. The van der Waals surface area contributed by atoms with Gasteiger partial charge in [0.15, 0.2) is 0 Å². The fraction of sp³-hybridized carbons (Fsp3) is 0.211. The van der Waals surface area contributed by atoms with Crippen LogP contribution in [-0.2, 0) is 14.3 Å². The molecule has 5 heteroatoms. The summed E-state index contributed by atoms with van der Waals surface area (Å²) in [6.45, 7) is 5.09. The average Bonchev–Trinajstić information content (AvgIpc) is 2.61. The van der Waals surface area contributed by atoms with Crippen molar-refractivity contribution in [3.05, 3.63) is 65.6 Å². The van der Waals surface area contributed by atoms with Crippen LogP contribution in [0.15, 0.2) is 64.3 Å². The predicted octanol–water partition coefficient (Wildman–Crippen LogP) is 4.28. The van der Waals surface area contributed by atoms with E-state index in [9.17, 15) is 4.79 Å². The van der Waals surface area contributed by atoms with Gasteiger partial charge in [-0.05, 0) is 61.4 Å². The first kappa shape index (κ1) is 16.5. The molecular formula is C19H19NO3S. The van der Waals surface area contributed by atoms with Crippen molar-refractivity contribution < 1.29 is 14.3 Å². The summed E-state index contributed by atoms with van der Waals surface area (Å²) in [5.41, 5.74) is 3.30. The van der Waals surface area contributed by atoms with E-state index in [1.165, 1.54) is 22.3 Å². The minimum Gasteiger partial charge on any atom is -0.494 e. The predicted molar refractivity (Wildman–Crippen MR) is 95.1 cm³/mol. The molecular weight excluding hydrogens is 322 g/mol. The average molecular weight is 341 g/mol. The SMILES string of the molecule is Cc1ccc(Sc2ccc(NC(=O)C3=COCCO3)cc2)cc1C. The summed E-state index contributed by atoms with van der Waals surface area (Å²) in [5.74, 6) is -0.0981. The minimum atomic E-state index is -0.302. The zero-order valence-corrected chi connectivity index (χ0v) is 14.5. The standard InChI is InChI=1S/C19H19NO3S/c1-13-3-6-17(11-14(13)2)24-16-7-4-15(5-8-16)20-19(21)18-12-22-9-10-23-18/h3-8,11-12H,9-10H2,1-2H3,(H,20,21). The Bertz CT molecular complexity index is 769. The van der Waals surface area contributed by atoms with Crippen LogP contribution in [0.2, 0.25) is 0 Å². The number of aryl methyl sites for hydroxylation is 2. The van der Waals surface area contributed by atoms with Crippen LogP contribution in [0.4, 0.5) is 5.69 Å². The fourth-order valence-corrected chi connectivity index (χ4v) is 3.12. The van der Waals surface area contributed by atoms with Crippen LogP contribution in [0.1, 0.15) is 11.1 Å². The van der Waals surface area contributed by atoms with Gasteiger partial charge >= 0.3 is 0 Å². The van der Waals surface area contributed by atoms with Gasteiger partial charge in [-0.1, -0.05) is 17.8 Å². The van der Waals surface area contributed by atoms with Crippen LogP contribution in [0.3, 0.4) is 0 Å². The molecule has 4 nitrogen and oxygen atoms in total. The van der Waals surface area contributed by atoms with E-state index in [1.807, 2.05) is 24.3 Å². The molecule has 0 radical (unpaired) electrons. The second-order valence-electron chi connectivity index (χ2n) is 5.53. The topological polar surface area (TPSA) is 47.6 Å². The van der Waals surface area contributed by atoms with E-state index in [4.69, 9.17) is 9.47 Å². The number of hydrogen-bond donors (Lipinski definition) is 1. The van der Waals surface area contributed by atoms with Gasteiger partial charge in [0.2, 0.25) is 5.76 Å². The lowest BCUT2D eigenvalue weighted by molar-refractivity contribution is -0.117. The molecule has 1 aliphatic heterocycles. The van der Waals surface area contributed by atoms with Gasteiger partial charge in [0.05, 0.1) is 0 Å². The summed E-state index contributed by atoms with van der Waals surface area (Å²) in [4.78, 5) is 14.3. The maximum Gasteiger partial charge on any atom is 0.294 e. The van der Waals surface area contributed by atoms with Gasteiger partial charge in [-0.3, -0.25) is 4.79 Å². The first-order valence-electron chi connectivity index (χ1n) is 7.73. The molecule has 0 atom stereocenters. The highest BCUT2D eigenvalue weighted by molar-refractivity contribution is 7.99. The van der Waals surface area contributed by atoms with Crippen LogP contribution >= 0.6 is 11.8 Å². The maximum atomic E-state index is 12.0. The third kappa shape index (κ3) is 4.11. The molecule has 0 fully saturated rings. The number of rotatable bonds is 4. The minimum absolute atomic E-state index is 0.204. The van der Waals surface area contributed by atoms with Crippen LogP contribution in [0, 0.1) is 13.8 Å². The first-order valence-corrected chi connectivity index (χ1v) is 8.54. The molecule has 1 amide bonds. The Hall–Kier alpha value is -2.40. The van der Waals surface area contributed by atoms with Gasteiger partial charge in [-0.15, -0.1) is 0 Å². The summed E-state index contributed by atoms with van der Waals surface area (Å²) >= 11 is 1.70. The quantitative estimate of drug-likeness (QED) is 0.901. The van der Waals surface area contributed by atoms with E-state index in [1.54, 1.807) is 11.8 Å². The lowest BCUT2D eigenvalue weighted by atomic mass is 10.1. The number of carbonyl (C=O) groups excluding carboxylic acids is 1. The van der Waals surface area contributed by atoms with E-state index in [2.05, 4.69) is 37.4 Å². The van der Waals surface area contributed by atoms with Gasteiger partial charge in [0, 0.05) is 15.5 Å². The van der Waals surface area contributed by atoms with Crippen molar-refractivity contribution in [2.75, 3.05) is 18.5 Å². The molecule has 0 saturated carbocycles. The van der Waals surface area contributed by atoms with Crippen molar-refractivity contribution in [1.29, 1.82) is 0 Å². The van der Waals surface area contributed by atoms with E-state index < -0.39 is 0 Å². The third-order valence-electron chi connectivity index (χ3n) is 3.70. The molecule has 0 bridgehead atoms. The molecule has 0 aromatic heterocycles. The largest absolute Gasteiger partial charge is 0.494 e. The van der Waals surface area contributed by atoms with Crippen molar-refractivity contribution in [1.82, 2.24) is 0 Å². The van der Waals surface area contributed by atoms with Crippen molar-refractivity contribution in [3.63, 3.8) is 0 Å². The molecule has 3 rings (SSSR count). The molecule has 0 aliphatic carbocycles. The third-order valence-corrected chi connectivity index (χ3v) is 4.70. The number of nitrogens with one attached hydrogen (secondary N) is 1. The van der Waals surface area contributed by atoms with Crippen LogP contribution in [0.25, 0.3) is 0 Å². The highest BCUT2D eigenvalue weighted by atomic mass is 32.2. The van der Waals surface area contributed by atoms with E-state index in [0.717, 1.165) is 10.6 Å². The highest BCUT2D eigenvalue weighted by Gasteiger charge is 2.15. The zero-order chi connectivity index (χ0) is 16.9. The molecule has 0 unspecified atom stereocenters. The number of carbonyl (C=O) groups is 1. The van der Waals surface area contributed by atoms with Gasteiger partial charge in [0.1, 0.15) is 19.5 Å². The molecule has 0 spiro atoms. The molecule has 1 N–H and O–H groups in total. The lowest BCUT2D eigenvalue weighted by Gasteiger charge is -2.15. The van der Waals surface area contributed by atoms with E-state index >= 15 is 0 Å². The number of ether oxygens (including phenoxy) is 2. The maximum absolute atomic E-state index is 12.0. The Kier molecular flexibility index (Phi) is 5.11. The van der Waals surface area contributed by atoms with Crippen LogP contribution < -0.4 is 5.32 Å². The summed E-state index contributed by atoms with van der Waals surface area (Å²) in [6, 6.07) is 14.2. The van der Waals surface area contributed by atoms with Crippen molar-refractivity contribution in [2.24, 2.45) is 0 Å². The zero-order valence-electron chi connectivity index (χ0n) is 13.7. The van der Waals surface area contributed by atoms with Crippen molar-refractivity contribution >= 4 is 23.4 Å². The Morgan fingerprint density at radius 2 is 1.75 bits per heavy atom. The van der Waals surface area contributed by atoms with Crippen LogP contribution in [0.5, 0.6) is 0 Å². The number of anilines is 1. The Balaban J connectivity index is 1.63. The van der Waals surface area contributed by atoms with Crippen molar-refractivity contribution in [3.8, 4) is 0 Å². The van der Waals surface area contributed by atoms with Crippen LogP contribution in [-0.4, -0.2) is 19.1 Å². The smallest absolute Gasteiger partial charge is 0.294 e. The Morgan fingerprint density at radius 3 is 2.42 bits per heavy atom. The summed E-state index contributed by atoms with van der Waals surface area (Å²) in [5, 5.41) is 2.80. The molecule has 1 aliphatic rings. The second kappa shape index (κ2) is 7.45. The Morgan fingerprint density at radius 1 is 1.00 bits per heavy atom. The molecule has 2 aromatic carbocycles. The second-order valence-corrected chi connectivity index (χ2v) is 6.67. The first-order chi connectivity index (χ1) is 11.6. The molecule has 124 valence electrons. The normalized spacial score (nSPS) is 13.5. The van der Waals surface area contributed by atoms with E-state index in [0.29, 0.717) is 13.2 Å². The highest BCUT2D eigenvalue weighted by Crippen LogP contribution is 2.29. The van der Waals surface area contributed by atoms with E-state index in [-0.39, 0.29) is 11.7 Å². The number of hydrogen-bond acceptors (Lipinski definition) is 4. The van der Waals surface area contributed by atoms with Gasteiger partial charge < -0.3 is 14.8 Å².